The number of hydrogen-bond donors (Lipinski definition) is 0. The molecule has 1 fully saturated rings. The first kappa shape index (κ1) is 20.3. The minimum atomic E-state index is -4.83. The molecule has 0 N–H and O–H groups in total. The Bertz CT molecular complexity index is 685. The van der Waals surface area contributed by atoms with Crippen LogP contribution in [0.1, 0.15) is 40.2 Å². The Hall–Kier alpha value is -1.06. The number of rotatable bonds is 3. The second-order valence-electron chi connectivity index (χ2n) is 6.78. The zero-order valence-corrected chi connectivity index (χ0v) is 16.0. The van der Waals surface area contributed by atoms with E-state index in [9.17, 15) is 17.6 Å². The maximum Gasteiger partial charge on any atom is 0.573 e. The average Bonchev–Trinajstić information content (AvgIpc) is 2.63. The monoisotopic (exact) mass is 424 g/mol. The van der Waals surface area contributed by atoms with E-state index in [4.69, 9.17) is 9.31 Å². The van der Waals surface area contributed by atoms with Gasteiger partial charge in [0.1, 0.15) is 11.5 Å². The molecule has 0 saturated carbocycles. The molecule has 0 radical (unpaired) electrons. The molecule has 1 aromatic carbocycles. The van der Waals surface area contributed by atoms with Crippen molar-refractivity contribution in [1.82, 2.24) is 0 Å². The van der Waals surface area contributed by atoms with Crippen LogP contribution in [0.25, 0.3) is 5.57 Å². The fourth-order valence-corrected chi connectivity index (χ4v) is 2.71. The van der Waals surface area contributed by atoms with Crippen LogP contribution in [-0.2, 0) is 9.31 Å². The fourth-order valence-electron chi connectivity index (χ4n) is 2.23. The van der Waals surface area contributed by atoms with Crippen molar-refractivity contribution >= 4 is 28.6 Å². The first-order chi connectivity index (χ1) is 11.2. The lowest BCUT2D eigenvalue weighted by Crippen LogP contribution is -2.41. The van der Waals surface area contributed by atoms with Crippen LogP contribution in [0.4, 0.5) is 17.6 Å². The number of alkyl halides is 3. The summed E-state index contributed by atoms with van der Waals surface area (Å²) in [5.74, 6) is -0.446. The van der Waals surface area contributed by atoms with E-state index in [0.29, 0.717) is 4.47 Å². The highest BCUT2D eigenvalue weighted by Gasteiger charge is 2.53. The lowest BCUT2D eigenvalue weighted by molar-refractivity contribution is -0.274. The van der Waals surface area contributed by atoms with Crippen LogP contribution < -0.4 is 4.74 Å². The lowest BCUT2D eigenvalue weighted by Gasteiger charge is -2.32. The standard InChI is InChI=1S/C16H18BBrF4O3/c1-9(13(19)17-24-14(2,3)15(4,5)25-17)10-6-11(18)8-12(7-10)23-16(20,21)22/h6-8H,1-5H3. The van der Waals surface area contributed by atoms with Gasteiger partial charge in [0.2, 0.25) is 0 Å². The molecular formula is C16H18BBrF4O3. The molecule has 0 aromatic heterocycles. The largest absolute Gasteiger partial charge is 0.573 e. The predicted molar refractivity (Wildman–Crippen MR) is 90.6 cm³/mol. The number of allylic oxidation sites excluding steroid dienone is 1. The summed E-state index contributed by atoms with van der Waals surface area (Å²) in [6.45, 7) is 8.57. The Balaban J connectivity index is 2.36. The molecule has 0 aliphatic carbocycles. The Kier molecular flexibility index (Phi) is 5.34. The smallest absolute Gasteiger partial charge is 0.406 e. The summed E-state index contributed by atoms with van der Waals surface area (Å²) in [5.41, 5.74) is -1.82. The second kappa shape index (κ2) is 6.59. The highest BCUT2D eigenvalue weighted by Crippen LogP contribution is 2.40. The van der Waals surface area contributed by atoms with Crippen LogP contribution in [0.2, 0.25) is 0 Å². The van der Waals surface area contributed by atoms with Gasteiger partial charge in [0, 0.05) is 4.47 Å². The quantitative estimate of drug-likeness (QED) is 0.461. The van der Waals surface area contributed by atoms with Crippen molar-refractivity contribution in [2.24, 2.45) is 0 Å². The minimum Gasteiger partial charge on any atom is -0.406 e. The van der Waals surface area contributed by atoms with Crippen LogP contribution in [0, 0.1) is 0 Å². The molecule has 25 heavy (non-hydrogen) atoms. The molecule has 1 aromatic rings. The Morgan fingerprint density at radius 2 is 1.60 bits per heavy atom. The molecule has 0 amide bonds. The maximum atomic E-state index is 14.8. The molecule has 0 unspecified atom stereocenters. The summed E-state index contributed by atoms with van der Waals surface area (Å²) in [6, 6.07) is 3.75. The summed E-state index contributed by atoms with van der Waals surface area (Å²) >= 11 is 3.10. The molecule has 138 valence electrons. The van der Waals surface area contributed by atoms with E-state index in [-0.39, 0.29) is 11.1 Å². The maximum absolute atomic E-state index is 14.8. The van der Waals surface area contributed by atoms with Gasteiger partial charge in [0.25, 0.3) is 0 Å². The minimum absolute atomic E-state index is 0.104. The van der Waals surface area contributed by atoms with E-state index < -0.39 is 36.2 Å². The molecule has 1 heterocycles. The number of ether oxygens (including phenoxy) is 1. The van der Waals surface area contributed by atoms with Gasteiger partial charge in [-0.15, -0.1) is 13.2 Å². The average molecular weight is 425 g/mol. The number of hydrogen-bond acceptors (Lipinski definition) is 3. The summed E-state index contributed by atoms with van der Waals surface area (Å²) < 4.78 is 67.6. The van der Waals surface area contributed by atoms with Crippen LogP contribution in [0.3, 0.4) is 0 Å². The van der Waals surface area contributed by atoms with Crippen molar-refractivity contribution in [2.45, 2.75) is 52.2 Å². The van der Waals surface area contributed by atoms with E-state index in [1.54, 1.807) is 27.7 Å². The summed E-state index contributed by atoms with van der Waals surface area (Å²) in [7, 11) is -1.23. The molecule has 2 rings (SSSR count). The summed E-state index contributed by atoms with van der Waals surface area (Å²) in [4.78, 5) is 0. The SMILES string of the molecule is CC(=C(F)B1OC(C)(C)C(C)(C)O1)c1cc(Br)cc(OC(F)(F)F)c1. The molecule has 0 atom stereocenters. The third kappa shape index (κ3) is 4.57. The third-order valence-corrected chi connectivity index (χ3v) is 4.81. The van der Waals surface area contributed by atoms with Gasteiger partial charge in [-0.1, -0.05) is 15.9 Å². The zero-order valence-electron chi connectivity index (χ0n) is 14.4. The predicted octanol–water partition coefficient (Wildman–Crippen LogP) is 5.68. The van der Waals surface area contributed by atoms with Crippen molar-refractivity contribution in [3.63, 3.8) is 0 Å². The van der Waals surface area contributed by atoms with Crippen molar-refractivity contribution in [3.05, 3.63) is 34.0 Å². The zero-order chi connectivity index (χ0) is 19.2. The highest BCUT2D eigenvalue weighted by molar-refractivity contribution is 9.10. The van der Waals surface area contributed by atoms with E-state index in [2.05, 4.69) is 20.7 Å². The Morgan fingerprint density at radius 3 is 2.08 bits per heavy atom. The van der Waals surface area contributed by atoms with Gasteiger partial charge in [-0.25, -0.2) is 4.39 Å². The van der Waals surface area contributed by atoms with Crippen molar-refractivity contribution in [1.29, 1.82) is 0 Å². The second-order valence-corrected chi connectivity index (χ2v) is 7.70. The molecule has 0 bridgehead atoms. The number of benzene rings is 1. The molecule has 1 saturated heterocycles. The topological polar surface area (TPSA) is 27.7 Å². The van der Waals surface area contributed by atoms with Gasteiger partial charge < -0.3 is 14.0 Å². The van der Waals surface area contributed by atoms with Gasteiger partial charge in [0.15, 0.2) is 0 Å². The van der Waals surface area contributed by atoms with Gasteiger partial charge in [-0.3, -0.25) is 0 Å². The molecule has 3 nitrogen and oxygen atoms in total. The lowest BCUT2D eigenvalue weighted by atomic mass is 9.83. The number of halogens is 5. The van der Waals surface area contributed by atoms with Gasteiger partial charge in [0.05, 0.1) is 11.2 Å². The third-order valence-electron chi connectivity index (χ3n) is 4.36. The van der Waals surface area contributed by atoms with Crippen LogP contribution in [0.15, 0.2) is 28.4 Å². The Morgan fingerprint density at radius 1 is 1.08 bits per heavy atom. The van der Waals surface area contributed by atoms with Gasteiger partial charge in [-0.2, -0.15) is 0 Å². The van der Waals surface area contributed by atoms with Gasteiger partial charge >= 0.3 is 13.5 Å². The summed E-state index contributed by atoms with van der Waals surface area (Å²) in [5, 5.41) is 0. The van der Waals surface area contributed by atoms with Crippen LogP contribution in [-0.4, -0.2) is 24.7 Å². The Labute approximate surface area is 152 Å². The van der Waals surface area contributed by atoms with Crippen molar-refractivity contribution < 1.29 is 31.6 Å². The fraction of sp³-hybridized carbons (Fsp3) is 0.500. The van der Waals surface area contributed by atoms with Crippen LogP contribution >= 0.6 is 15.9 Å². The normalized spacial score (nSPS) is 20.5. The molecular weight excluding hydrogens is 407 g/mol. The highest BCUT2D eigenvalue weighted by atomic mass is 79.9. The molecule has 9 heteroatoms. The van der Waals surface area contributed by atoms with Gasteiger partial charge in [-0.05, 0) is 64.0 Å². The van der Waals surface area contributed by atoms with Crippen molar-refractivity contribution in [2.75, 3.05) is 0 Å². The van der Waals surface area contributed by atoms with Crippen molar-refractivity contribution in [3.8, 4) is 5.75 Å². The first-order valence-corrected chi connectivity index (χ1v) is 8.30. The van der Waals surface area contributed by atoms with Crippen LogP contribution in [0.5, 0.6) is 5.75 Å². The molecule has 1 aliphatic heterocycles. The van der Waals surface area contributed by atoms with E-state index in [1.165, 1.54) is 13.0 Å². The molecule has 0 spiro atoms. The van der Waals surface area contributed by atoms with E-state index >= 15 is 0 Å². The first-order valence-electron chi connectivity index (χ1n) is 7.50. The molecule has 1 aliphatic rings. The van der Waals surface area contributed by atoms with E-state index in [0.717, 1.165) is 12.1 Å². The van der Waals surface area contributed by atoms with E-state index in [1.807, 2.05) is 0 Å². The summed E-state index contributed by atoms with van der Waals surface area (Å²) in [6.07, 6.45) is -4.83.